The lowest BCUT2D eigenvalue weighted by Gasteiger charge is -2.24. The maximum Gasteiger partial charge on any atom is 0.326 e. The van der Waals surface area contributed by atoms with Gasteiger partial charge in [0.1, 0.15) is 18.1 Å². The lowest BCUT2D eigenvalue weighted by atomic mass is 10.1. The molecule has 4 unspecified atom stereocenters. The van der Waals surface area contributed by atoms with Crippen LogP contribution in [0.2, 0.25) is 0 Å². The molecule has 0 saturated heterocycles. The number of aromatic nitrogens is 2. The van der Waals surface area contributed by atoms with E-state index in [-0.39, 0.29) is 12.8 Å². The quantitative estimate of drug-likeness (QED) is 0.0976. The van der Waals surface area contributed by atoms with E-state index in [9.17, 15) is 38.7 Å². The number of hydrogen-bond acceptors (Lipinski definition) is 9. The Labute approximate surface area is 208 Å². The second-order valence-corrected chi connectivity index (χ2v) is 7.87. The average molecular weight is 528 g/mol. The van der Waals surface area contributed by atoms with Crippen molar-refractivity contribution in [2.75, 3.05) is 0 Å². The minimum Gasteiger partial charge on any atom is -0.481 e. The molecule has 4 atom stereocenters. The highest BCUT2D eigenvalue weighted by molar-refractivity contribution is 5.95. The van der Waals surface area contributed by atoms with Crippen LogP contribution >= 0.6 is 0 Å². The van der Waals surface area contributed by atoms with E-state index in [4.69, 9.17) is 21.1 Å². The lowest BCUT2D eigenvalue weighted by Crippen LogP contribution is -2.57. The molecule has 0 saturated carbocycles. The predicted octanol–water partition coefficient (Wildman–Crippen LogP) is -2.98. The van der Waals surface area contributed by atoms with Crippen LogP contribution in [-0.4, -0.2) is 96.2 Å². The molecule has 3 amide bonds. The number of H-pyrrole nitrogens is 1. The summed E-state index contributed by atoms with van der Waals surface area (Å²) in [5.74, 6) is -8.80. The third-order valence-electron chi connectivity index (χ3n) is 4.89. The van der Waals surface area contributed by atoms with Crippen LogP contribution < -0.4 is 21.7 Å². The molecule has 0 aromatic carbocycles. The fourth-order valence-electron chi connectivity index (χ4n) is 2.97. The Morgan fingerprint density at radius 3 is 1.84 bits per heavy atom. The van der Waals surface area contributed by atoms with Crippen molar-refractivity contribution in [3.05, 3.63) is 18.2 Å². The van der Waals surface area contributed by atoms with Gasteiger partial charge in [0.2, 0.25) is 17.7 Å². The van der Waals surface area contributed by atoms with Gasteiger partial charge in [0.15, 0.2) is 0 Å². The van der Waals surface area contributed by atoms with Gasteiger partial charge in [-0.2, -0.15) is 0 Å². The van der Waals surface area contributed by atoms with Crippen LogP contribution in [0.3, 0.4) is 0 Å². The van der Waals surface area contributed by atoms with E-state index in [1.54, 1.807) is 0 Å². The number of nitrogens with two attached hydrogens (primary N) is 1. The van der Waals surface area contributed by atoms with Gasteiger partial charge in [-0.05, 0) is 12.8 Å². The van der Waals surface area contributed by atoms with E-state index >= 15 is 0 Å². The summed E-state index contributed by atoms with van der Waals surface area (Å²) in [5, 5.41) is 42.6. The summed E-state index contributed by atoms with van der Waals surface area (Å²) in [6.45, 7) is 0. The number of carboxylic acids is 4. The predicted molar refractivity (Wildman–Crippen MR) is 120 cm³/mol. The molecule has 0 aliphatic heterocycles. The Kier molecular flexibility index (Phi) is 12.2. The molecule has 0 aliphatic carbocycles. The van der Waals surface area contributed by atoms with Crippen molar-refractivity contribution in [1.82, 2.24) is 25.9 Å². The molecule has 0 fully saturated rings. The highest BCUT2D eigenvalue weighted by Crippen LogP contribution is 2.05. The largest absolute Gasteiger partial charge is 0.481 e. The van der Waals surface area contributed by atoms with Crippen molar-refractivity contribution in [3.8, 4) is 0 Å². The molecular weight excluding hydrogens is 500 g/mol. The van der Waals surface area contributed by atoms with Gasteiger partial charge in [0.05, 0.1) is 18.8 Å². The number of rotatable bonds is 17. The molecule has 0 radical (unpaired) electrons. The number of carbonyl (C=O) groups is 7. The highest BCUT2D eigenvalue weighted by atomic mass is 16.4. The number of carbonyl (C=O) groups excluding carboxylic acids is 3. The summed E-state index contributed by atoms with van der Waals surface area (Å²) >= 11 is 0. The zero-order valence-corrected chi connectivity index (χ0v) is 19.4. The van der Waals surface area contributed by atoms with Crippen LogP contribution in [-0.2, 0) is 40.0 Å². The fraction of sp³-hybridized carbons (Fsp3) is 0.500. The zero-order chi connectivity index (χ0) is 28.1. The Balaban J connectivity index is 3.00. The Bertz CT molecular complexity index is 997. The normalized spacial score (nSPS) is 13.9. The smallest absolute Gasteiger partial charge is 0.326 e. The van der Waals surface area contributed by atoms with Crippen molar-refractivity contribution in [2.24, 2.45) is 5.73 Å². The number of amides is 3. The number of nitrogens with one attached hydrogen (secondary N) is 4. The van der Waals surface area contributed by atoms with Crippen LogP contribution in [0.4, 0.5) is 0 Å². The van der Waals surface area contributed by atoms with E-state index in [1.807, 2.05) is 0 Å². The van der Waals surface area contributed by atoms with Crippen molar-refractivity contribution < 1.29 is 54.0 Å². The Morgan fingerprint density at radius 2 is 1.32 bits per heavy atom. The SMILES string of the molecule is NC(CCC(=O)O)C(=O)NC(CC(=O)O)C(=O)NC(CCC(=O)O)C(=O)NC(Cc1cnc[nH]1)C(=O)O. The van der Waals surface area contributed by atoms with Gasteiger partial charge in [0.25, 0.3) is 0 Å². The lowest BCUT2D eigenvalue weighted by molar-refractivity contribution is -0.143. The summed E-state index contributed by atoms with van der Waals surface area (Å²) in [4.78, 5) is 88.6. The molecule has 1 rings (SSSR count). The van der Waals surface area contributed by atoms with Crippen LogP contribution in [0.15, 0.2) is 12.5 Å². The molecule has 0 spiro atoms. The first-order chi connectivity index (χ1) is 17.3. The summed E-state index contributed by atoms with van der Waals surface area (Å²) in [6, 6.07) is -6.24. The molecule has 10 N–H and O–H groups in total. The molecule has 37 heavy (non-hydrogen) atoms. The van der Waals surface area contributed by atoms with E-state index in [1.165, 1.54) is 12.5 Å². The van der Waals surface area contributed by atoms with Crippen LogP contribution in [0.25, 0.3) is 0 Å². The van der Waals surface area contributed by atoms with Crippen LogP contribution in [0, 0.1) is 0 Å². The second-order valence-electron chi connectivity index (χ2n) is 7.87. The van der Waals surface area contributed by atoms with Gasteiger partial charge in [-0.15, -0.1) is 0 Å². The third kappa shape index (κ3) is 11.6. The van der Waals surface area contributed by atoms with Crippen LogP contribution in [0.5, 0.6) is 0 Å². The van der Waals surface area contributed by atoms with Crippen LogP contribution in [0.1, 0.15) is 37.8 Å². The van der Waals surface area contributed by atoms with Gasteiger partial charge in [-0.3, -0.25) is 28.8 Å². The standard InChI is InChI=1S/C20H28N6O11/c21-10(1-3-14(27)28)17(33)25-12(6-16(31)32)19(35)24-11(2-4-15(29)30)18(34)26-13(20(36)37)5-9-7-22-8-23-9/h7-8,10-13H,1-6,21H2,(H,22,23)(H,24,35)(H,25,33)(H,26,34)(H,27,28)(H,29,30)(H,31,32)(H,36,37). The number of hydrogen-bond donors (Lipinski definition) is 9. The topological polar surface area (TPSA) is 291 Å². The molecule has 1 heterocycles. The molecule has 0 aliphatic rings. The number of carboxylic acid groups (broad SMARTS) is 4. The average Bonchev–Trinajstić information content (AvgIpc) is 3.31. The van der Waals surface area contributed by atoms with E-state index in [0.717, 1.165) is 0 Å². The maximum atomic E-state index is 12.8. The van der Waals surface area contributed by atoms with E-state index in [0.29, 0.717) is 5.69 Å². The monoisotopic (exact) mass is 528 g/mol. The molecule has 1 aromatic rings. The fourth-order valence-corrected chi connectivity index (χ4v) is 2.97. The summed E-state index contributed by atoms with van der Waals surface area (Å²) in [5.41, 5.74) is 5.93. The first-order valence-electron chi connectivity index (χ1n) is 10.8. The van der Waals surface area contributed by atoms with Crippen molar-refractivity contribution >= 4 is 41.6 Å². The number of aromatic amines is 1. The minimum atomic E-state index is -1.76. The van der Waals surface area contributed by atoms with Crippen molar-refractivity contribution in [2.45, 2.75) is 62.7 Å². The Morgan fingerprint density at radius 1 is 0.784 bits per heavy atom. The minimum absolute atomic E-state index is 0.216. The highest BCUT2D eigenvalue weighted by Gasteiger charge is 2.32. The molecule has 0 bridgehead atoms. The molecule has 204 valence electrons. The first kappa shape index (κ1) is 30.5. The number of aliphatic carboxylic acids is 4. The number of imidazole rings is 1. The van der Waals surface area contributed by atoms with Crippen molar-refractivity contribution in [3.63, 3.8) is 0 Å². The van der Waals surface area contributed by atoms with Gasteiger partial charge in [-0.1, -0.05) is 0 Å². The molecule has 1 aromatic heterocycles. The third-order valence-corrected chi connectivity index (χ3v) is 4.89. The van der Waals surface area contributed by atoms with Gasteiger partial charge in [0, 0.05) is 31.2 Å². The molecule has 17 nitrogen and oxygen atoms in total. The molecular formula is C20H28N6O11. The first-order valence-corrected chi connectivity index (χ1v) is 10.8. The van der Waals surface area contributed by atoms with Gasteiger partial charge >= 0.3 is 23.9 Å². The summed E-state index contributed by atoms with van der Waals surface area (Å²) in [6.07, 6.45) is -0.435. The van der Waals surface area contributed by atoms with Gasteiger partial charge in [-0.25, -0.2) is 9.78 Å². The van der Waals surface area contributed by atoms with Gasteiger partial charge < -0.3 is 47.1 Å². The second kappa shape index (κ2) is 14.8. The van der Waals surface area contributed by atoms with Crippen molar-refractivity contribution in [1.29, 1.82) is 0 Å². The Hall–Kier alpha value is -4.54. The summed E-state index contributed by atoms with van der Waals surface area (Å²) in [7, 11) is 0. The zero-order valence-electron chi connectivity index (χ0n) is 19.4. The number of nitrogens with zero attached hydrogens (tertiary/aromatic N) is 1. The maximum absolute atomic E-state index is 12.8. The van der Waals surface area contributed by atoms with E-state index < -0.39 is 91.4 Å². The molecule has 17 heteroatoms. The van der Waals surface area contributed by atoms with E-state index in [2.05, 4.69) is 25.9 Å². The summed E-state index contributed by atoms with van der Waals surface area (Å²) < 4.78 is 0.